The third-order valence-corrected chi connectivity index (χ3v) is 5.02. The smallest absolute Gasteiger partial charge is 0.191 e. The van der Waals surface area contributed by atoms with Crippen LogP contribution >= 0.6 is 24.0 Å². The molecule has 2 saturated carbocycles. The second-order valence-electron chi connectivity index (χ2n) is 7.17. The van der Waals surface area contributed by atoms with Crippen LogP contribution in [0.25, 0.3) is 0 Å². The highest BCUT2D eigenvalue weighted by molar-refractivity contribution is 14.0. The minimum Gasteiger partial charge on any atom is -0.493 e. The first-order chi connectivity index (χ1) is 12.2. The first-order valence-electron chi connectivity index (χ1n) is 9.58. The number of aliphatic imine (C=N–C) groups is 1. The van der Waals surface area contributed by atoms with E-state index in [1.54, 1.807) is 7.11 Å². The number of rotatable bonds is 7. The molecule has 2 unspecified atom stereocenters. The molecule has 3 rings (SSSR count). The Morgan fingerprint density at radius 1 is 1.23 bits per heavy atom. The Labute approximate surface area is 174 Å². The summed E-state index contributed by atoms with van der Waals surface area (Å²) in [6.45, 7) is 5.85. The van der Waals surface area contributed by atoms with Gasteiger partial charge in [-0.1, -0.05) is 13.0 Å². The standard InChI is InChI=1S/C20H31N3O2.HI/c1-4-21-20(23-17-11-14(17)2)22-13-15-9-10-18(24-3)19(12-15)25-16-7-5-6-8-16;/h9-10,12,14,16-17H,4-8,11,13H2,1-3H3,(H2,21,22,23);1H. The van der Waals surface area contributed by atoms with Gasteiger partial charge in [0.2, 0.25) is 0 Å². The van der Waals surface area contributed by atoms with Crippen LogP contribution in [0, 0.1) is 5.92 Å². The number of benzene rings is 1. The highest BCUT2D eigenvalue weighted by Crippen LogP contribution is 2.32. The van der Waals surface area contributed by atoms with Gasteiger partial charge >= 0.3 is 0 Å². The van der Waals surface area contributed by atoms with E-state index in [9.17, 15) is 0 Å². The van der Waals surface area contributed by atoms with Crippen molar-refractivity contribution in [3.63, 3.8) is 0 Å². The van der Waals surface area contributed by atoms with Crippen molar-refractivity contribution < 1.29 is 9.47 Å². The molecule has 2 atom stereocenters. The summed E-state index contributed by atoms with van der Waals surface area (Å²) in [5, 5.41) is 6.81. The Balaban J connectivity index is 0.00000243. The fourth-order valence-corrected chi connectivity index (χ4v) is 3.29. The molecule has 0 radical (unpaired) electrons. The van der Waals surface area contributed by atoms with Crippen LogP contribution in [0.2, 0.25) is 0 Å². The summed E-state index contributed by atoms with van der Waals surface area (Å²) in [5.74, 6) is 3.29. The molecule has 0 heterocycles. The molecular formula is C20H32IN3O2. The Hall–Kier alpha value is -1.18. The van der Waals surface area contributed by atoms with Crippen molar-refractivity contribution >= 4 is 29.9 Å². The maximum atomic E-state index is 6.18. The molecule has 2 N–H and O–H groups in total. The Morgan fingerprint density at radius 2 is 1.96 bits per heavy atom. The summed E-state index contributed by atoms with van der Waals surface area (Å²) >= 11 is 0. The minimum atomic E-state index is 0. The molecule has 6 heteroatoms. The summed E-state index contributed by atoms with van der Waals surface area (Å²) in [7, 11) is 1.69. The molecule has 26 heavy (non-hydrogen) atoms. The van der Waals surface area contributed by atoms with E-state index in [0.29, 0.717) is 18.7 Å². The Morgan fingerprint density at radius 3 is 2.58 bits per heavy atom. The quantitative estimate of drug-likeness (QED) is 0.356. The lowest BCUT2D eigenvalue weighted by molar-refractivity contribution is 0.200. The molecule has 0 saturated heterocycles. The van der Waals surface area contributed by atoms with E-state index in [1.807, 2.05) is 6.07 Å². The van der Waals surface area contributed by atoms with Crippen molar-refractivity contribution in [2.45, 2.75) is 64.6 Å². The number of halogens is 1. The van der Waals surface area contributed by atoms with Gasteiger partial charge in [-0.2, -0.15) is 0 Å². The fourth-order valence-electron chi connectivity index (χ4n) is 3.29. The molecule has 0 amide bonds. The summed E-state index contributed by atoms with van der Waals surface area (Å²) in [5.41, 5.74) is 1.13. The minimum absolute atomic E-state index is 0. The molecule has 0 aliphatic heterocycles. The number of nitrogens with one attached hydrogen (secondary N) is 2. The molecule has 2 aliphatic carbocycles. The van der Waals surface area contributed by atoms with Crippen LogP contribution in [-0.2, 0) is 6.54 Å². The molecule has 1 aromatic rings. The van der Waals surface area contributed by atoms with Gasteiger partial charge in [-0.05, 0) is 62.6 Å². The van der Waals surface area contributed by atoms with Crippen LogP contribution in [0.4, 0.5) is 0 Å². The second-order valence-corrected chi connectivity index (χ2v) is 7.17. The number of ether oxygens (including phenoxy) is 2. The third kappa shape index (κ3) is 5.93. The predicted octanol–water partition coefficient (Wildman–Crippen LogP) is 4.10. The van der Waals surface area contributed by atoms with Gasteiger partial charge in [-0.3, -0.25) is 0 Å². The van der Waals surface area contributed by atoms with Crippen molar-refractivity contribution in [1.29, 1.82) is 0 Å². The highest BCUT2D eigenvalue weighted by Gasteiger charge is 2.33. The van der Waals surface area contributed by atoms with E-state index in [-0.39, 0.29) is 24.0 Å². The molecule has 2 fully saturated rings. The summed E-state index contributed by atoms with van der Waals surface area (Å²) in [6.07, 6.45) is 6.34. The monoisotopic (exact) mass is 473 g/mol. The van der Waals surface area contributed by atoms with E-state index >= 15 is 0 Å². The first kappa shape index (κ1) is 21.1. The van der Waals surface area contributed by atoms with Crippen molar-refractivity contribution in [3.05, 3.63) is 23.8 Å². The van der Waals surface area contributed by atoms with Gasteiger partial charge in [-0.25, -0.2) is 4.99 Å². The number of hydrogen-bond acceptors (Lipinski definition) is 3. The van der Waals surface area contributed by atoms with Crippen molar-refractivity contribution in [3.8, 4) is 11.5 Å². The number of nitrogens with zero attached hydrogens (tertiary/aromatic N) is 1. The number of methoxy groups -OCH3 is 1. The van der Waals surface area contributed by atoms with Crippen LogP contribution in [0.5, 0.6) is 11.5 Å². The topological polar surface area (TPSA) is 54.9 Å². The fraction of sp³-hybridized carbons (Fsp3) is 0.650. The average molecular weight is 473 g/mol. The lowest BCUT2D eigenvalue weighted by atomic mass is 10.2. The molecule has 1 aromatic carbocycles. The van der Waals surface area contributed by atoms with Gasteiger partial charge in [0.1, 0.15) is 0 Å². The van der Waals surface area contributed by atoms with Gasteiger partial charge in [0.25, 0.3) is 0 Å². The number of hydrogen-bond donors (Lipinski definition) is 2. The zero-order valence-corrected chi connectivity index (χ0v) is 18.4. The molecule has 5 nitrogen and oxygen atoms in total. The van der Waals surface area contributed by atoms with E-state index in [4.69, 9.17) is 14.5 Å². The van der Waals surface area contributed by atoms with Crippen LogP contribution in [0.1, 0.15) is 51.5 Å². The van der Waals surface area contributed by atoms with E-state index in [0.717, 1.165) is 48.3 Å². The SMILES string of the molecule is CCNC(=NCc1ccc(OC)c(OC2CCCC2)c1)NC1CC1C.I. The van der Waals surface area contributed by atoms with Crippen LogP contribution in [0.15, 0.2) is 23.2 Å². The van der Waals surface area contributed by atoms with Crippen molar-refractivity contribution in [1.82, 2.24) is 10.6 Å². The maximum absolute atomic E-state index is 6.18. The largest absolute Gasteiger partial charge is 0.493 e. The molecule has 0 bridgehead atoms. The van der Waals surface area contributed by atoms with E-state index < -0.39 is 0 Å². The van der Waals surface area contributed by atoms with Crippen molar-refractivity contribution in [2.24, 2.45) is 10.9 Å². The molecule has 2 aliphatic rings. The summed E-state index contributed by atoms with van der Waals surface area (Å²) in [4.78, 5) is 4.72. The van der Waals surface area contributed by atoms with Crippen LogP contribution in [0.3, 0.4) is 0 Å². The highest BCUT2D eigenvalue weighted by atomic mass is 127. The average Bonchev–Trinajstić information content (AvgIpc) is 3.08. The van der Waals surface area contributed by atoms with Gasteiger partial charge in [0, 0.05) is 12.6 Å². The summed E-state index contributed by atoms with van der Waals surface area (Å²) < 4.78 is 11.6. The normalized spacial score (nSPS) is 22.5. The van der Waals surface area contributed by atoms with Crippen LogP contribution < -0.4 is 20.1 Å². The van der Waals surface area contributed by atoms with E-state index in [2.05, 4.69) is 36.6 Å². The maximum Gasteiger partial charge on any atom is 0.191 e. The first-order valence-corrected chi connectivity index (χ1v) is 9.58. The Bertz CT molecular complexity index is 603. The second kappa shape index (κ2) is 10.2. The summed E-state index contributed by atoms with van der Waals surface area (Å²) in [6, 6.07) is 6.69. The van der Waals surface area contributed by atoms with Gasteiger partial charge in [0.15, 0.2) is 17.5 Å². The molecule has 146 valence electrons. The third-order valence-electron chi connectivity index (χ3n) is 5.02. The molecular weight excluding hydrogens is 441 g/mol. The zero-order valence-electron chi connectivity index (χ0n) is 16.1. The van der Waals surface area contributed by atoms with Gasteiger partial charge in [-0.15, -0.1) is 24.0 Å². The zero-order chi connectivity index (χ0) is 17.6. The Kier molecular flexibility index (Phi) is 8.31. The lowest BCUT2D eigenvalue weighted by Gasteiger charge is -2.17. The molecule has 0 spiro atoms. The van der Waals surface area contributed by atoms with Gasteiger partial charge in [0.05, 0.1) is 19.8 Å². The van der Waals surface area contributed by atoms with Crippen LogP contribution in [-0.4, -0.2) is 31.8 Å². The van der Waals surface area contributed by atoms with Gasteiger partial charge < -0.3 is 20.1 Å². The van der Waals surface area contributed by atoms with E-state index in [1.165, 1.54) is 19.3 Å². The number of guanidine groups is 1. The predicted molar refractivity (Wildman–Crippen MR) is 117 cm³/mol. The molecule has 0 aromatic heterocycles. The van der Waals surface area contributed by atoms with Crippen molar-refractivity contribution in [2.75, 3.05) is 13.7 Å². The lowest BCUT2D eigenvalue weighted by Crippen LogP contribution is -2.39.